The van der Waals surface area contributed by atoms with Crippen LogP contribution < -0.4 is 10.5 Å². The van der Waals surface area contributed by atoms with Gasteiger partial charge < -0.3 is 15.2 Å². The lowest BCUT2D eigenvalue weighted by Crippen LogP contribution is -2.31. The van der Waals surface area contributed by atoms with Gasteiger partial charge in [-0.1, -0.05) is 19.1 Å². The standard InChI is InChI=1S/C18H28N2O2/c1-18(13-19)8-9-20(14-18)11-15-4-6-16(7-5-15)22-12-17-3-2-10-21-17/h4-7,17H,2-3,8-14,19H2,1H3. The van der Waals surface area contributed by atoms with Gasteiger partial charge in [-0.2, -0.15) is 0 Å². The van der Waals surface area contributed by atoms with Crippen LogP contribution in [0.1, 0.15) is 31.7 Å². The summed E-state index contributed by atoms with van der Waals surface area (Å²) in [6, 6.07) is 8.48. The number of ether oxygens (including phenoxy) is 2. The van der Waals surface area contributed by atoms with Gasteiger partial charge in [-0.15, -0.1) is 0 Å². The average Bonchev–Trinajstić information content (AvgIpc) is 3.17. The van der Waals surface area contributed by atoms with Gasteiger partial charge in [0.15, 0.2) is 0 Å². The highest BCUT2D eigenvalue weighted by atomic mass is 16.5. The van der Waals surface area contributed by atoms with Gasteiger partial charge in [0.05, 0.1) is 6.10 Å². The predicted octanol–water partition coefficient (Wildman–Crippen LogP) is 2.42. The molecule has 1 aromatic rings. The summed E-state index contributed by atoms with van der Waals surface area (Å²) in [5.74, 6) is 0.937. The zero-order chi connectivity index (χ0) is 15.4. The Morgan fingerprint density at radius 1 is 1.36 bits per heavy atom. The second-order valence-corrected chi connectivity index (χ2v) is 7.07. The van der Waals surface area contributed by atoms with Crippen molar-refractivity contribution >= 4 is 0 Å². The third kappa shape index (κ3) is 4.00. The molecule has 2 fully saturated rings. The van der Waals surface area contributed by atoms with Crippen LogP contribution in [0.4, 0.5) is 0 Å². The van der Waals surface area contributed by atoms with Crippen LogP contribution in [-0.2, 0) is 11.3 Å². The Morgan fingerprint density at radius 2 is 2.18 bits per heavy atom. The fourth-order valence-corrected chi connectivity index (χ4v) is 3.34. The van der Waals surface area contributed by atoms with Crippen LogP contribution in [0.25, 0.3) is 0 Å². The molecule has 122 valence electrons. The molecule has 1 aromatic carbocycles. The van der Waals surface area contributed by atoms with Gasteiger partial charge in [0, 0.05) is 19.7 Å². The molecule has 2 N–H and O–H groups in total. The summed E-state index contributed by atoms with van der Waals surface area (Å²) in [7, 11) is 0. The molecule has 22 heavy (non-hydrogen) atoms. The molecule has 2 saturated heterocycles. The van der Waals surface area contributed by atoms with Crippen molar-refractivity contribution < 1.29 is 9.47 Å². The molecule has 0 bridgehead atoms. The van der Waals surface area contributed by atoms with Crippen molar-refractivity contribution in [2.24, 2.45) is 11.1 Å². The van der Waals surface area contributed by atoms with E-state index >= 15 is 0 Å². The van der Waals surface area contributed by atoms with E-state index in [1.54, 1.807) is 0 Å². The van der Waals surface area contributed by atoms with E-state index in [2.05, 4.69) is 36.1 Å². The SMILES string of the molecule is CC1(CN)CCN(Cc2ccc(OCC3CCCO3)cc2)C1. The predicted molar refractivity (Wildman–Crippen MR) is 88.0 cm³/mol. The molecule has 2 heterocycles. The first-order valence-electron chi connectivity index (χ1n) is 8.43. The van der Waals surface area contributed by atoms with Crippen LogP contribution in [0.3, 0.4) is 0 Å². The van der Waals surface area contributed by atoms with Crippen molar-refractivity contribution in [2.45, 2.75) is 38.8 Å². The van der Waals surface area contributed by atoms with Crippen molar-refractivity contribution in [1.82, 2.24) is 4.90 Å². The fraction of sp³-hybridized carbons (Fsp3) is 0.667. The maximum Gasteiger partial charge on any atom is 0.119 e. The van der Waals surface area contributed by atoms with Crippen LogP contribution in [0, 0.1) is 5.41 Å². The van der Waals surface area contributed by atoms with E-state index in [4.69, 9.17) is 15.2 Å². The van der Waals surface area contributed by atoms with Gasteiger partial charge in [-0.3, -0.25) is 4.90 Å². The molecular formula is C18H28N2O2. The first kappa shape index (κ1) is 15.8. The summed E-state index contributed by atoms with van der Waals surface area (Å²) in [6.07, 6.45) is 3.75. The largest absolute Gasteiger partial charge is 0.491 e. The number of hydrogen-bond donors (Lipinski definition) is 1. The Bertz CT molecular complexity index is 470. The molecule has 0 amide bonds. The number of hydrogen-bond acceptors (Lipinski definition) is 4. The molecule has 0 spiro atoms. The minimum Gasteiger partial charge on any atom is -0.491 e. The van der Waals surface area contributed by atoms with E-state index in [9.17, 15) is 0 Å². The van der Waals surface area contributed by atoms with Crippen molar-refractivity contribution in [3.8, 4) is 5.75 Å². The highest BCUT2D eigenvalue weighted by Gasteiger charge is 2.32. The van der Waals surface area contributed by atoms with Gasteiger partial charge in [-0.25, -0.2) is 0 Å². The van der Waals surface area contributed by atoms with Gasteiger partial charge in [0.25, 0.3) is 0 Å². The van der Waals surface area contributed by atoms with Crippen molar-refractivity contribution in [3.63, 3.8) is 0 Å². The summed E-state index contributed by atoms with van der Waals surface area (Å²) in [5, 5.41) is 0. The van der Waals surface area contributed by atoms with Gasteiger partial charge in [-0.05, 0) is 55.5 Å². The smallest absolute Gasteiger partial charge is 0.119 e. The highest BCUT2D eigenvalue weighted by Crippen LogP contribution is 2.29. The molecule has 3 rings (SSSR count). The fourth-order valence-electron chi connectivity index (χ4n) is 3.34. The topological polar surface area (TPSA) is 47.7 Å². The molecule has 0 aliphatic carbocycles. The summed E-state index contributed by atoms with van der Waals surface area (Å²) in [4.78, 5) is 2.50. The molecule has 4 heteroatoms. The van der Waals surface area contributed by atoms with Crippen molar-refractivity contribution in [1.29, 1.82) is 0 Å². The normalized spacial score (nSPS) is 29.1. The molecule has 4 nitrogen and oxygen atoms in total. The third-order valence-electron chi connectivity index (χ3n) is 4.92. The first-order chi connectivity index (χ1) is 10.7. The lowest BCUT2D eigenvalue weighted by molar-refractivity contribution is 0.0679. The van der Waals surface area contributed by atoms with Crippen LogP contribution in [0.5, 0.6) is 5.75 Å². The van der Waals surface area contributed by atoms with E-state index in [1.807, 2.05) is 0 Å². The van der Waals surface area contributed by atoms with Gasteiger partial charge >= 0.3 is 0 Å². The minimum atomic E-state index is 0.276. The number of benzene rings is 1. The van der Waals surface area contributed by atoms with Crippen molar-refractivity contribution in [3.05, 3.63) is 29.8 Å². The van der Waals surface area contributed by atoms with E-state index in [-0.39, 0.29) is 6.10 Å². The third-order valence-corrected chi connectivity index (χ3v) is 4.92. The zero-order valence-electron chi connectivity index (χ0n) is 13.6. The van der Waals surface area contributed by atoms with Crippen LogP contribution in [0.2, 0.25) is 0 Å². The van der Waals surface area contributed by atoms with E-state index < -0.39 is 0 Å². The van der Waals surface area contributed by atoms with Crippen LogP contribution in [-0.4, -0.2) is 43.9 Å². The maximum absolute atomic E-state index is 5.88. The summed E-state index contributed by atoms with van der Waals surface area (Å²) in [6.45, 7) is 7.85. The highest BCUT2D eigenvalue weighted by molar-refractivity contribution is 5.27. The van der Waals surface area contributed by atoms with Gasteiger partial charge in [0.1, 0.15) is 12.4 Å². The molecule has 2 aliphatic heterocycles. The summed E-state index contributed by atoms with van der Waals surface area (Å²) >= 11 is 0. The summed E-state index contributed by atoms with van der Waals surface area (Å²) < 4.78 is 11.4. The van der Waals surface area contributed by atoms with Gasteiger partial charge in [0.2, 0.25) is 0 Å². The van der Waals surface area contributed by atoms with E-state index in [1.165, 1.54) is 12.0 Å². The molecular weight excluding hydrogens is 276 g/mol. The van der Waals surface area contributed by atoms with Crippen LogP contribution >= 0.6 is 0 Å². The lowest BCUT2D eigenvalue weighted by Gasteiger charge is -2.22. The molecule has 0 saturated carbocycles. The Kier molecular flexibility index (Phi) is 5.01. The summed E-state index contributed by atoms with van der Waals surface area (Å²) in [5.41, 5.74) is 7.51. The number of nitrogens with two attached hydrogens (primary N) is 1. The second kappa shape index (κ2) is 6.99. The second-order valence-electron chi connectivity index (χ2n) is 7.07. The zero-order valence-corrected chi connectivity index (χ0v) is 13.6. The Hall–Kier alpha value is -1.10. The number of nitrogens with zero attached hydrogens (tertiary/aromatic N) is 1. The Morgan fingerprint density at radius 3 is 2.82 bits per heavy atom. The van der Waals surface area contributed by atoms with E-state index in [0.29, 0.717) is 12.0 Å². The monoisotopic (exact) mass is 304 g/mol. The first-order valence-corrected chi connectivity index (χ1v) is 8.43. The molecule has 2 unspecified atom stereocenters. The molecule has 2 atom stereocenters. The van der Waals surface area contributed by atoms with Crippen LogP contribution in [0.15, 0.2) is 24.3 Å². The molecule has 0 radical (unpaired) electrons. The Labute approximate surface area is 133 Å². The molecule has 0 aromatic heterocycles. The molecule has 2 aliphatic rings. The number of likely N-dealkylation sites (tertiary alicyclic amines) is 1. The van der Waals surface area contributed by atoms with E-state index in [0.717, 1.165) is 51.4 Å². The maximum atomic E-state index is 5.88. The average molecular weight is 304 g/mol. The quantitative estimate of drug-likeness (QED) is 0.877. The number of rotatable bonds is 6. The van der Waals surface area contributed by atoms with Crippen molar-refractivity contribution in [2.75, 3.05) is 32.8 Å². The minimum absolute atomic E-state index is 0.276. The Balaban J connectivity index is 1.47. The lowest BCUT2D eigenvalue weighted by atomic mass is 9.90.